The zero-order valence-electron chi connectivity index (χ0n) is 16.3. The van der Waals surface area contributed by atoms with Gasteiger partial charge in [0, 0.05) is 18.2 Å². The predicted octanol–water partition coefficient (Wildman–Crippen LogP) is 4.40. The van der Waals surface area contributed by atoms with Crippen molar-refractivity contribution in [2.75, 3.05) is 11.4 Å². The Morgan fingerprint density at radius 3 is 2.39 bits per heavy atom. The molecule has 2 amide bonds. The summed E-state index contributed by atoms with van der Waals surface area (Å²) in [6.45, 7) is 0.693. The van der Waals surface area contributed by atoms with Crippen molar-refractivity contribution in [2.24, 2.45) is 5.92 Å². The minimum atomic E-state index is -0.637. The summed E-state index contributed by atoms with van der Waals surface area (Å²) in [6.07, 6.45) is 7.19. The van der Waals surface area contributed by atoms with E-state index in [1.54, 1.807) is 0 Å². The highest BCUT2D eigenvalue weighted by Gasteiger charge is 2.32. The van der Waals surface area contributed by atoms with Gasteiger partial charge in [0.15, 0.2) is 0 Å². The summed E-state index contributed by atoms with van der Waals surface area (Å²) in [6, 6.07) is 17.1. The van der Waals surface area contributed by atoms with Crippen LogP contribution in [0.25, 0.3) is 0 Å². The minimum absolute atomic E-state index is 0.0206. The lowest BCUT2D eigenvalue weighted by molar-refractivity contribution is -0.131. The lowest BCUT2D eigenvalue weighted by atomic mass is 9.88. The molecule has 2 aromatic carbocycles. The maximum atomic E-state index is 13.6. The van der Waals surface area contributed by atoms with Crippen molar-refractivity contribution in [3.05, 3.63) is 65.7 Å². The second kappa shape index (κ2) is 8.59. The highest BCUT2D eigenvalue weighted by Crippen LogP contribution is 2.30. The van der Waals surface area contributed by atoms with Crippen LogP contribution in [0.2, 0.25) is 0 Å². The Kier molecular flexibility index (Phi) is 5.75. The highest BCUT2D eigenvalue weighted by atomic mass is 16.2. The van der Waals surface area contributed by atoms with Crippen molar-refractivity contribution >= 4 is 17.5 Å². The molecule has 0 radical (unpaired) electrons. The van der Waals surface area contributed by atoms with E-state index in [0.29, 0.717) is 6.54 Å². The van der Waals surface area contributed by atoms with E-state index in [1.807, 2.05) is 53.4 Å². The molecule has 4 rings (SSSR count). The molecule has 1 N–H and O–H groups in total. The van der Waals surface area contributed by atoms with Gasteiger partial charge < -0.3 is 10.2 Å². The molecular formula is C24H28N2O2. The van der Waals surface area contributed by atoms with Gasteiger partial charge in [0.1, 0.15) is 6.04 Å². The van der Waals surface area contributed by atoms with Crippen LogP contribution < -0.4 is 10.2 Å². The minimum Gasteiger partial charge on any atom is -0.340 e. The van der Waals surface area contributed by atoms with Gasteiger partial charge in [-0.25, -0.2) is 0 Å². The third-order valence-corrected chi connectivity index (χ3v) is 6.02. The van der Waals surface area contributed by atoms with Crippen LogP contribution in [-0.4, -0.2) is 18.4 Å². The molecule has 2 aromatic rings. The normalized spacial score (nSPS) is 18.2. The van der Waals surface area contributed by atoms with E-state index in [2.05, 4.69) is 11.4 Å². The third-order valence-electron chi connectivity index (χ3n) is 6.02. The first-order valence-corrected chi connectivity index (χ1v) is 10.5. The number of hydrogen-bond donors (Lipinski definition) is 1. The van der Waals surface area contributed by atoms with Gasteiger partial charge in [-0.3, -0.25) is 9.59 Å². The van der Waals surface area contributed by atoms with E-state index in [-0.39, 0.29) is 17.7 Å². The number of nitrogens with zero attached hydrogens (tertiary/aromatic N) is 1. The molecule has 1 saturated carbocycles. The number of hydrogen-bond acceptors (Lipinski definition) is 2. The number of rotatable bonds is 4. The number of carbonyl (C=O) groups is 2. The van der Waals surface area contributed by atoms with Crippen molar-refractivity contribution < 1.29 is 9.59 Å². The second-order valence-corrected chi connectivity index (χ2v) is 7.91. The first kappa shape index (κ1) is 18.7. The van der Waals surface area contributed by atoms with E-state index in [1.165, 1.54) is 12.0 Å². The predicted molar refractivity (Wildman–Crippen MR) is 111 cm³/mol. The van der Waals surface area contributed by atoms with Gasteiger partial charge in [0.2, 0.25) is 5.91 Å². The van der Waals surface area contributed by atoms with Gasteiger partial charge in [0.05, 0.1) is 0 Å². The van der Waals surface area contributed by atoms with Crippen LogP contribution in [0.3, 0.4) is 0 Å². The number of para-hydroxylation sites is 1. The van der Waals surface area contributed by atoms with Crippen molar-refractivity contribution in [3.63, 3.8) is 0 Å². The van der Waals surface area contributed by atoms with Crippen LogP contribution in [0.15, 0.2) is 54.6 Å². The van der Waals surface area contributed by atoms with Crippen LogP contribution in [0.4, 0.5) is 5.69 Å². The zero-order chi connectivity index (χ0) is 19.3. The smallest absolute Gasteiger partial charge is 0.254 e. The summed E-state index contributed by atoms with van der Waals surface area (Å²) in [4.78, 5) is 28.4. The van der Waals surface area contributed by atoms with Crippen molar-refractivity contribution in [3.8, 4) is 0 Å². The molecule has 4 nitrogen and oxygen atoms in total. The number of fused-ring (bicyclic) bond motifs is 1. The monoisotopic (exact) mass is 376 g/mol. The summed E-state index contributed by atoms with van der Waals surface area (Å²) in [5.74, 6) is 0.0103. The summed E-state index contributed by atoms with van der Waals surface area (Å²) in [7, 11) is 0. The summed E-state index contributed by atoms with van der Waals surface area (Å²) in [5.41, 5.74) is 3.03. The summed E-state index contributed by atoms with van der Waals surface area (Å²) < 4.78 is 0. The van der Waals surface area contributed by atoms with Gasteiger partial charge in [-0.15, -0.1) is 0 Å². The van der Waals surface area contributed by atoms with Crippen LogP contribution in [0.5, 0.6) is 0 Å². The molecule has 0 unspecified atom stereocenters. The van der Waals surface area contributed by atoms with Gasteiger partial charge in [0.25, 0.3) is 5.91 Å². The molecule has 1 aliphatic carbocycles. The van der Waals surface area contributed by atoms with Gasteiger partial charge in [-0.05, 0) is 42.9 Å². The first-order chi connectivity index (χ1) is 13.7. The van der Waals surface area contributed by atoms with Crippen LogP contribution in [0, 0.1) is 5.92 Å². The molecule has 0 aromatic heterocycles. The molecule has 0 spiro atoms. The summed E-state index contributed by atoms with van der Waals surface area (Å²) in [5, 5.41) is 3.10. The molecule has 4 heteroatoms. The van der Waals surface area contributed by atoms with E-state index in [9.17, 15) is 9.59 Å². The number of amides is 2. The number of carbonyl (C=O) groups excluding carboxylic acids is 2. The fourth-order valence-electron chi connectivity index (χ4n) is 4.48. The summed E-state index contributed by atoms with van der Waals surface area (Å²) >= 11 is 0. The van der Waals surface area contributed by atoms with E-state index in [0.717, 1.165) is 49.8 Å². The zero-order valence-corrected chi connectivity index (χ0v) is 16.3. The van der Waals surface area contributed by atoms with Gasteiger partial charge in [-0.2, -0.15) is 0 Å². The SMILES string of the molecule is O=C(N[C@@H](C(=O)N1CCCc2ccccc21)c1ccccc1)C1CCCCC1. The van der Waals surface area contributed by atoms with Gasteiger partial charge >= 0.3 is 0 Å². The fourth-order valence-corrected chi connectivity index (χ4v) is 4.48. The lowest BCUT2D eigenvalue weighted by Crippen LogP contribution is -2.46. The molecule has 0 bridgehead atoms. The largest absolute Gasteiger partial charge is 0.340 e. The second-order valence-electron chi connectivity index (χ2n) is 7.91. The van der Waals surface area contributed by atoms with Crippen LogP contribution in [-0.2, 0) is 16.0 Å². The highest BCUT2D eigenvalue weighted by molar-refractivity contribution is 6.00. The average Bonchev–Trinajstić information content (AvgIpc) is 2.77. The Hall–Kier alpha value is -2.62. The Labute approximate surface area is 166 Å². The Morgan fingerprint density at radius 2 is 1.61 bits per heavy atom. The number of anilines is 1. The van der Waals surface area contributed by atoms with E-state index >= 15 is 0 Å². The van der Waals surface area contributed by atoms with Gasteiger partial charge in [-0.1, -0.05) is 67.8 Å². The van der Waals surface area contributed by atoms with E-state index < -0.39 is 6.04 Å². The fraction of sp³-hybridized carbons (Fsp3) is 0.417. The molecule has 1 heterocycles. The molecular weight excluding hydrogens is 348 g/mol. The standard InChI is InChI=1S/C24H28N2O2/c27-23(20-13-5-2-6-14-20)25-22(19-11-3-1-4-12-19)24(28)26-17-9-15-18-10-7-8-16-21(18)26/h1,3-4,7-8,10-12,16,20,22H,2,5-6,9,13-15,17H2,(H,25,27)/t22-/m1/s1. The molecule has 28 heavy (non-hydrogen) atoms. The Morgan fingerprint density at radius 1 is 0.893 bits per heavy atom. The molecule has 2 aliphatic rings. The van der Waals surface area contributed by atoms with Crippen LogP contribution >= 0.6 is 0 Å². The van der Waals surface area contributed by atoms with Crippen LogP contribution in [0.1, 0.15) is 55.7 Å². The maximum Gasteiger partial charge on any atom is 0.254 e. The maximum absolute atomic E-state index is 13.6. The number of benzene rings is 2. The molecule has 1 fully saturated rings. The Balaban J connectivity index is 1.60. The number of aryl methyl sites for hydroxylation is 1. The van der Waals surface area contributed by atoms with E-state index in [4.69, 9.17) is 0 Å². The quantitative estimate of drug-likeness (QED) is 0.860. The average molecular weight is 377 g/mol. The van der Waals surface area contributed by atoms with Crippen molar-refractivity contribution in [2.45, 2.75) is 51.0 Å². The third kappa shape index (κ3) is 3.96. The lowest BCUT2D eigenvalue weighted by Gasteiger charge is -2.33. The molecule has 1 aliphatic heterocycles. The number of nitrogens with one attached hydrogen (secondary N) is 1. The topological polar surface area (TPSA) is 49.4 Å². The Bertz CT molecular complexity index is 828. The molecule has 1 atom stereocenters. The molecule has 146 valence electrons. The molecule has 0 saturated heterocycles. The van der Waals surface area contributed by atoms with Crippen molar-refractivity contribution in [1.29, 1.82) is 0 Å². The van der Waals surface area contributed by atoms with Crippen molar-refractivity contribution in [1.82, 2.24) is 5.32 Å². The first-order valence-electron chi connectivity index (χ1n) is 10.5.